The summed E-state index contributed by atoms with van der Waals surface area (Å²) in [7, 11) is 0. The van der Waals surface area contributed by atoms with E-state index in [-0.39, 0.29) is 19.3 Å². The molecule has 78 valence electrons. The molecule has 2 heterocycles. The van der Waals surface area contributed by atoms with Crippen molar-refractivity contribution in [2.45, 2.75) is 31.7 Å². The molecule has 1 aromatic rings. The number of hydrogen-bond donors (Lipinski definition) is 2. The average molecular weight is 196 g/mol. The highest BCUT2D eigenvalue weighted by Crippen LogP contribution is 2.24. The van der Waals surface area contributed by atoms with Crippen molar-refractivity contribution in [3.8, 4) is 0 Å². The smallest absolute Gasteiger partial charge is 0.109 e. The zero-order valence-electron chi connectivity index (χ0n) is 8.19. The van der Waals surface area contributed by atoms with Crippen molar-refractivity contribution in [1.82, 2.24) is 9.55 Å². The fourth-order valence-corrected chi connectivity index (χ4v) is 2.04. The Kier molecular flexibility index (Phi) is 2.84. The van der Waals surface area contributed by atoms with Crippen LogP contribution < -0.4 is 0 Å². The predicted molar refractivity (Wildman–Crippen MR) is 52.1 cm³/mol. The number of aliphatic hydroxyl groups is 2. The number of fused-ring (bicyclic) bond motifs is 1. The fourth-order valence-electron chi connectivity index (χ4n) is 2.04. The van der Waals surface area contributed by atoms with Crippen LogP contribution in [-0.4, -0.2) is 33.0 Å². The van der Waals surface area contributed by atoms with Crippen LogP contribution in [0.5, 0.6) is 0 Å². The zero-order chi connectivity index (χ0) is 9.97. The maximum absolute atomic E-state index is 9.18. The van der Waals surface area contributed by atoms with Crippen LogP contribution in [0.2, 0.25) is 0 Å². The SMILES string of the molecule is OCCc1cn2c(n1)CCCC2CO. The number of hydrogen-bond acceptors (Lipinski definition) is 3. The molecule has 0 amide bonds. The Balaban J connectivity index is 2.24. The summed E-state index contributed by atoms with van der Waals surface area (Å²) in [5.41, 5.74) is 0.933. The van der Waals surface area contributed by atoms with Crippen molar-refractivity contribution in [2.24, 2.45) is 0 Å². The molecule has 0 bridgehead atoms. The molecule has 2 N–H and O–H groups in total. The Morgan fingerprint density at radius 2 is 2.36 bits per heavy atom. The molecule has 1 unspecified atom stereocenters. The fraction of sp³-hybridized carbons (Fsp3) is 0.700. The third-order valence-electron chi connectivity index (χ3n) is 2.77. The number of nitrogens with zero attached hydrogens (tertiary/aromatic N) is 2. The van der Waals surface area contributed by atoms with Gasteiger partial charge in [0.15, 0.2) is 0 Å². The molecular formula is C10H16N2O2. The van der Waals surface area contributed by atoms with E-state index in [2.05, 4.69) is 9.55 Å². The van der Waals surface area contributed by atoms with Gasteiger partial charge in [0.1, 0.15) is 5.82 Å². The molecule has 2 rings (SSSR count). The van der Waals surface area contributed by atoms with E-state index in [4.69, 9.17) is 5.11 Å². The van der Waals surface area contributed by atoms with E-state index in [0.717, 1.165) is 30.8 Å². The molecule has 0 fully saturated rings. The van der Waals surface area contributed by atoms with Gasteiger partial charge in [-0.3, -0.25) is 0 Å². The van der Waals surface area contributed by atoms with Gasteiger partial charge in [-0.05, 0) is 12.8 Å². The molecule has 4 heteroatoms. The second-order valence-corrected chi connectivity index (χ2v) is 3.76. The highest BCUT2D eigenvalue weighted by atomic mass is 16.3. The maximum Gasteiger partial charge on any atom is 0.109 e. The summed E-state index contributed by atoms with van der Waals surface area (Å²) in [6.45, 7) is 0.322. The van der Waals surface area contributed by atoms with E-state index >= 15 is 0 Å². The Morgan fingerprint density at radius 1 is 1.50 bits per heavy atom. The van der Waals surface area contributed by atoms with E-state index < -0.39 is 0 Å². The average Bonchev–Trinajstić information content (AvgIpc) is 2.60. The summed E-state index contributed by atoms with van der Waals surface area (Å²) in [6.07, 6.45) is 5.69. The number of rotatable bonds is 3. The summed E-state index contributed by atoms with van der Waals surface area (Å²) in [5.74, 6) is 1.05. The lowest BCUT2D eigenvalue weighted by molar-refractivity contribution is 0.206. The highest BCUT2D eigenvalue weighted by molar-refractivity contribution is 5.08. The van der Waals surface area contributed by atoms with Gasteiger partial charge in [-0.2, -0.15) is 0 Å². The van der Waals surface area contributed by atoms with Crippen molar-refractivity contribution in [2.75, 3.05) is 13.2 Å². The second kappa shape index (κ2) is 4.11. The van der Waals surface area contributed by atoms with E-state index in [1.165, 1.54) is 0 Å². The molecule has 0 radical (unpaired) electrons. The number of imidazole rings is 1. The van der Waals surface area contributed by atoms with Gasteiger partial charge in [0.2, 0.25) is 0 Å². The van der Waals surface area contributed by atoms with Crippen LogP contribution in [0, 0.1) is 0 Å². The normalized spacial score (nSPS) is 20.9. The van der Waals surface area contributed by atoms with Crippen LogP contribution in [0.25, 0.3) is 0 Å². The Labute approximate surface area is 83.2 Å². The molecule has 14 heavy (non-hydrogen) atoms. The van der Waals surface area contributed by atoms with Crippen molar-refractivity contribution >= 4 is 0 Å². The molecule has 1 atom stereocenters. The first-order valence-corrected chi connectivity index (χ1v) is 5.13. The predicted octanol–water partition coefficient (Wildman–Crippen LogP) is 0.288. The van der Waals surface area contributed by atoms with Crippen molar-refractivity contribution < 1.29 is 10.2 Å². The topological polar surface area (TPSA) is 58.3 Å². The first-order chi connectivity index (χ1) is 6.85. The molecule has 0 aromatic carbocycles. The molecule has 0 saturated carbocycles. The summed E-state index contributed by atoms with van der Waals surface area (Å²) in [5, 5.41) is 18.0. The molecule has 4 nitrogen and oxygen atoms in total. The van der Waals surface area contributed by atoms with Crippen LogP contribution in [0.15, 0.2) is 6.20 Å². The third-order valence-corrected chi connectivity index (χ3v) is 2.77. The molecule has 1 aliphatic rings. The summed E-state index contributed by atoms with van der Waals surface area (Å²) in [4.78, 5) is 4.43. The Morgan fingerprint density at radius 3 is 3.07 bits per heavy atom. The van der Waals surface area contributed by atoms with Crippen LogP contribution in [0.4, 0.5) is 0 Å². The molecule has 0 aliphatic carbocycles. The molecule has 0 saturated heterocycles. The molecule has 1 aromatic heterocycles. The van der Waals surface area contributed by atoms with Gasteiger partial charge in [-0.15, -0.1) is 0 Å². The van der Waals surface area contributed by atoms with E-state index in [1.54, 1.807) is 0 Å². The van der Waals surface area contributed by atoms with Crippen LogP contribution in [0.1, 0.15) is 30.4 Å². The Bertz CT molecular complexity index is 309. The van der Waals surface area contributed by atoms with E-state index in [1.807, 2.05) is 6.20 Å². The zero-order valence-corrected chi connectivity index (χ0v) is 8.19. The van der Waals surface area contributed by atoms with Crippen LogP contribution in [-0.2, 0) is 12.8 Å². The lowest BCUT2D eigenvalue weighted by atomic mass is 10.1. The van der Waals surface area contributed by atoms with Crippen molar-refractivity contribution in [3.63, 3.8) is 0 Å². The van der Waals surface area contributed by atoms with Gasteiger partial charge in [0, 0.05) is 25.6 Å². The number of aromatic nitrogens is 2. The van der Waals surface area contributed by atoms with Crippen molar-refractivity contribution in [3.05, 3.63) is 17.7 Å². The minimum Gasteiger partial charge on any atom is -0.396 e. The standard InChI is InChI=1S/C10H16N2O2/c13-5-4-8-6-12-9(7-14)2-1-3-10(12)11-8/h6,9,13-14H,1-5,7H2. The summed E-state index contributed by atoms with van der Waals surface area (Å²) >= 11 is 0. The Hall–Kier alpha value is -0.870. The van der Waals surface area contributed by atoms with Gasteiger partial charge in [0.25, 0.3) is 0 Å². The maximum atomic E-state index is 9.18. The van der Waals surface area contributed by atoms with E-state index in [0.29, 0.717) is 6.42 Å². The first kappa shape index (κ1) is 9.68. The number of aliphatic hydroxyl groups excluding tert-OH is 2. The first-order valence-electron chi connectivity index (χ1n) is 5.13. The molecule has 0 spiro atoms. The third kappa shape index (κ3) is 1.67. The molecule has 1 aliphatic heterocycles. The monoisotopic (exact) mass is 196 g/mol. The van der Waals surface area contributed by atoms with Gasteiger partial charge in [-0.25, -0.2) is 4.98 Å². The largest absolute Gasteiger partial charge is 0.396 e. The lowest BCUT2D eigenvalue weighted by Crippen LogP contribution is -2.20. The second-order valence-electron chi connectivity index (χ2n) is 3.76. The lowest BCUT2D eigenvalue weighted by Gasteiger charge is -2.22. The summed E-state index contributed by atoms with van der Waals surface area (Å²) in [6, 6.07) is 0.193. The van der Waals surface area contributed by atoms with Crippen molar-refractivity contribution in [1.29, 1.82) is 0 Å². The molecular weight excluding hydrogens is 180 g/mol. The quantitative estimate of drug-likeness (QED) is 0.730. The van der Waals surface area contributed by atoms with Crippen LogP contribution >= 0.6 is 0 Å². The minimum atomic E-state index is 0.139. The van der Waals surface area contributed by atoms with Gasteiger partial charge in [-0.1, -0.05) is 0 Å². The van der Waals surface area contributed by atoms with E-state index in [9.17, 15) is 5.11 Å². The number of aryl methyl sites for hydroxylation is 1. The van der Waals surface area contributed by atoms with Gasteiger partial charge >= 0.3 is 0 Å². The van der Waals surface area contributed by atoms with Crippen LogP contribution in [0.3, 0.4) is 0 Å². The minimum absolute atomic E-state index is 0.139. The van der Waals surface area contributed by atoms with Gasteiger partial charge < -0.3 is 14.8 Å². The highest BCUT2D eigenvalue weighted by Gasteiger charge is 2.20. The summed E-state index contributed by atoms with van der Waals surface area (Å²) < 4.78 is 2.06. The van der Waals surface area contributed by atoms with Gasteiger partial charge in [0.05, 0.1) is 18.3 Å².